The highest BCUT2D eigenvalue weighted by Gasteiger charge is 2.37. The monoisotopic (exact) mass is 433 g/mol. The van der Waals surface area contributed by atoms with Gasteiger partial charge in [-0.3, -0.25) is 9.69 Å². The number of thiophene rings is 1. The van der Waals surface area contributed by atoms with Gasteiger partial charge >= 0.3 is 0 Å². The molecule has 0 radical (unpaired) electrons. The van der Waals surface area contributed by atoms with E-state index in [0.717, 1.165) is 19.4 Å². The predicted octanol–water partition coefficient (Wildman–Crippen LogP) is 2.81. The van der Waals surface area contributed by atoms with Crippen molar-refractivity contribution in [3.05, 3.63) is 52.7 Å². The van der Waals surface area contributed by atoms with Crippen molar-refractivity contribution in [2.45, 2.75) is 36.7 Å². The fourth-order valence-electron chi connectivity index (χ4n) is 4.34. The van der Waals surface area contributed by atoms with E-state index in [4.69, 9.17) is 0 Å². The predicted molar refractivity (Wildman–Crippen MR) is 114 cm³/mol. The maximum atomic E-state index is 13.1. The molecule has 29 heavy (non-hydrogen) atoms. The lowest BCUT2D eigenvalue weighted by Crippen LogP contribution is -2.55. The van der Waals surface area contributed by atoms with E-state index in [0.29, 0.717) is 37.1 Å². The van der Waals surface area contributed by atoms with Crippen molar-refractivity contribution in [3.8, 4) is 0 Å². The fraction of sp³-hybridized carbons (Fsp3) is 0.476. The van der Waals surface area contributed by atoms with Crippen molar-refractivity contribution >= 4 is 27.3 Å². The molecule has 1 aromatic carbocycles. The Morgan fingerprint density at radius 1 is 1.03 bits per heavy atom. The van der Waals surface area contributed by atoms with E-state index in [1.165, 1.54) is 9.18 Å². The minimum absolute atomic E-state index is 0.102. The highest BCUT2D eigenvalue weighted by Crippen LogP contribution is 2.36. The topological polar surface area (TPSA) is 60.9 Å². The number of carbonyl (C=O) groups is 1. The van der Waals surface area contributed by atoms with E-state index < -0.39 is 10.0 Å². The molecule has 2 fully saturated rings. The van der Waals surface area contributed by atoms with E-state index in [-0.39, 0.29) is 11.9 Å². The van der Waals surface area contributed by atoms with E-state index in [9.17, 15) is 13.2 Å². The van der Waals surface area contributed by atoms with Crippen LogP contribution in [0.2, 0.25) is 0 Å². The summed E-state index contributed by atoms with van der Waals surface area (Å²) in [4.78, 5) is 18.9. The van der Waals surface area contributed by atoms with E-state index in [1.807, 2.05) is 11.8 Å². The van der Waals surface area contributed by atoms with Crippen LogP contribution in [0.1, 0.15) is 30.7 Å². The number of hydrogen-bond donors (Lipinski definition) is 0. The average molecular weight is 434 g/mol. The number of benzene rings is 1. The van der Waals surface area contributed by atoms with Gasteiger partial charge in [-0.25, -0.2) is 8.42 Å². The molecule has 6 nitrogen and oxygen atoms in total. The first-order valence-corrected chi connectivity index (χ1v) is 12.4. The number of amides is 1. The quantitative estimate of drug-likeness (QED) is 0.728. The van der Waals surface area contributed by atoms with Gasteiger partial charge in [0.15, 0.2) is 0 Å². The zero-order valence-corrected chi connectivity index (χ0v) is 18.2. The van der Waals surface area contributed by atoms with Gasteiger partial charge in [0.25, 0.3) is 0 Å². The third-order valence-electron chi connectivity index (χ3n) is 5.95. The lowest BCUT2D eigenvalue weighted by molar-refractivity contribution is -0.138. The molecule has 2 aliphatic heterocycles. The summed E-state index contributed by atoms with van der Waals surface area (Å²) in [5, 5.41) is 2.09. The van der Waals surface area contributed by atoms with Gasteiger partial charge in [-0.1, -0.05) is 24.3 Å². The summed E-state index contributed by atoms with van der Waals surface area (Å²) in [7, 11) is -3.50. The molecule has 4 rings (SSSR count). The minimum atomic E-state index is -3.50. The molecular weight excluding hydrogens is 406 g/mol. The molecule has 2 aliphatic rings. The molecule has 2 aromatic rings. The molecular formula is C21H27N3O3S2. The third-order valence-corrected chi connectivity index (χ3v) is 8.84. The van der Waals surface area contributed by atoms with Crippen molar-refractivity contribution in [3.63, 3.8) is 0 Å². The number of hydrogen-bond acceptors (Lipinski definition) is 5. The van der Waals surface area contributed by atoms with E-state index in [2.05, 4.69) is 22.4 Å². The zero-order valence-electron chi connectivity index (χ0n) is 16.6. The van der Waals surface area contributed by atoms with Crippen LogP contribution in [0.4, 0.5) is 0 Å². The van der Waals surface area contributed by atoms with Crippen molar-refractivity contribution < 1.29 is 13.2 Å². The SMILES string of the molecule is C[C@@H](C(=O)N1CCN(S(=O)(=O)c2ccccc2)CC1)N1CCC[C@@H]1c1cccs1. The molecule has 0 bridgehead atoms. The molecule has 2 atom stereocenters. The van der Waals surface area contributed by atoms with Crippen LogP contribution in [0, 0.1) is 0 Å². The Morgan fingerprint density at radius 3 is 2.41 bits per heavy atom. The second-order valence-electron chi connectivity index (χ2n) is 7.63. The van der Waals surface area contributed by atoms with Crippen LogP contribution in [-0.4, -0.2) is 67.2 Å². The summed E-state index contributed by atoms with van der Waals surface area (Å²) < 4.78 is 27.1. The van der Waals surface area contributed by atoms with Crippen LogP contribution >= 0.6 is 11.3 Å². The Balaban J connectivity index is 1.39. The van der Waals surface area contributed by atoms with Crippen LogP contribution < -0.4 is 0 Å². The van der Waals surface area contributed by atoms with Crippen molar-refractivity contribution in [2.24, 2.45) is 0 Å². The Hall–Kier alpha value is -1.74. The van der Waals surface area contributed by atoms with Crippen LogP contribution in [-0.2, 0) is 14.8 Å². The fourth-order valence-corrected chi connectivity index (χ4v) is 6.66. The number of sulfonamides is 1. The minimum Gasteiger partial charge on any atom is -0.339 e. The van der Waals surface area contributed by atoms with Crippen LogP contribution in [0.25, 0.3) is 0 Å². The summed E-state index contributed by atoms with van der Waals surface area (Å²) in [6.07, 6.45) is 2.19. The van der Waals surface area contributed by atoms with Gasteiger partial charge < -0.3 is 4.90 Å². The van der Waals surface area contributed by atoms with Gasteiger partial charge in [-0.05, 0) is 49.9 Å². The summed E-state index contributed by atoms with van der Waals surface area (Å²) in [6.45, 7) is 4.47. The summed E-state index contributed by atoms with van der Waals surface area (Å²) in [5.41, 5.74) is 0. The Morgan fingerprint density at radius 2 is 1.76 bits per heavy atom. The molecule has 0 N–H and O–H groups in total. The molecule has 0 unspecified atom stereocenters. The Labute approximate surface area is 176 Å². The first kappa shape index (κ1) is 20.5. The number of piperazine rings is 1. The summed E-state index contributed by atoms with van der Waals surface area (Å²) in [6, 6.07) is 12.8. The number of rotatable bonds is 5. The third kappa shape index (κ3) is 4.12. The lowest BCUT2D eigenvalue weighted by atomic mass is 10.1. The van der Waals surface area contributed by atoms with Gasteiger partial charge in [-0.2, -0.15) is 4.31 Å². The number of likely N-dealkylation sites (tertiary alicyclic amines) is 1. The zero-order chi connectivity index (χ0) is 20.4. The van der Waals surface area contributed by atoms with Gasteiger partial charge in [0.05, 0.1) is 10.9 Å². The van der Waals surface area contributed by atoms with Crippen LogP contribution in [0.5, 0.6) is 0 Å². The molecule has 1 amide bonds. The number of nitrogens with zero attached hydrogens (tertiary/aromatic N) is 3. The highest BCUT2D eigenvalue weighted by molar-refractivity contribution is 7.89. The van der Waals surface area contributed by atoms with E-state index >= 15 is 0 Å². The summed E-state index contributed by atoms with van der Waals surface area (Å²) >= 11 is 1.75. The maximum Gasteiger partial charge on any atom is 0.243 e. The lowest BCUT2D eigenvalue weighted by Gasteiger charge is -2.38. The first-order valence-electron chi connectivity index (χ1n) is 10.1. The average Bonchev–Trinajstić information content (AvgIpc) is 3.45. The van der Waals surface area contributed by atoms with Crippen molar-refractivity contribution in [1.82, 2.24) is 14.1 Å². The molecule has 0 spiro atoms. The second kappa shape index (κ2) is 8.55. The van der Waals surface area contributed by atoms with Gasteiger partial charge in [-0.15, -0.1) is 11.3 Å². The Bertz CT molecular complexity index is 923. The van der Waals surface area contributed by atoms with Crippen molar-refractivity contribution in [2.75, 3.05) is 32.7 Å². The maximum absolute atomic E-state index is 13.1. The summed E-state index contributed by atoms with van der Waals surface area (Å²) in [5.74, 6) is 0.102. The Kier molecular flexibility index (Phi) is 6.06. The second-order valence-corrected chi connectivity index (χ2v) is 10.5. The number of carbonyl (C=O) groups excluding carboxylic acids is 1. The standard InChI is InChI=1S/C21H27N3O3S2/c1-17(24-11-5-9-19(24)20-10-6-16-28-20)21(25)22-12-14-23(15-13-22)29(26,27)18-7-3-2-4-8-18/h2-4,6-8,10,16-17,19H,5,9,11-15H2,1H3/t17-,19+/m0/s1. The molecule has 0 aliphatic carbocycles. The molecule has 0 saturated carbocycles. The smallest absolute Gasteiger partial charge is 0.243 e. The van der Waals surface area contributed by atoms with Crippen molar-refractivity contribution in [1.29, 1.82) is 0 Å². The van der Waals surface area contributed by atoms with Gasteiger partial charge in [0, 0.05) is 37.1 Å². The molecule has 156 valence electrons. The molecule has 3 heterocycles. The molecule has 8 heteroatoms. The highest BCUT2D eigenvalue weighted by atomic mass is 32.2. The van der Waals surface area contributed by atoms with Gasteiger partial charge in [0.2, 0.25) is 15.9 Å². The van der Waals surface area contributed by atoms with E-state index in [1.54, 1.807) is 41.7 Å². The largest absolute Gasteiger partial charge is 0.339 e. The molecule has 1 aromatic heterocycles. The van der Waals surface area contributed by atoms with Crippen LogP contribution in [0.15, 0.2) is 52.7 Å². The normalized spacial score (nSPS) is 22.7. The molecule has 2 saturated heterocycles. The first-order chi connectivity index (χ1) is 14.0. The van der Waals surface area contributed by atoms with Gasteiger partial charge in [0.1, 0.15) is 0 Å². The van der Waals surface area contributed by atoms with Crippen LogP contribution in [0.3, 0.4) is 0 Å².